The van der Waals surface area contributed by atoms with Crippen molar-refractivity contribution >= 4 is 69.9 Å². The number of amides is 3. The number of carbonyl (C=O) groups is 4. The minimum Gasteiger partial charge on any atom is -0.295 e. The fourth-order valence-electron chi connectivity index (χ4n) is 3.13. The lowest BCUT2D eigenvalue weighted by Gasteiger charge is -2.15. The van der Waals surface area contributed by atoms with Crippen molar-refractivity contribution in [3.8, 4) is 0 Å². The molecule has 0 spiro atoms. The van der Waals surface area contributed by atoms with Crippen LogP contribution >= 0.6 is 35.5 Å². The highest BCUT2D eigenvalue weighted by Gasteiger charge is 2.38. The van der Waals surface area contributed by atoms with Crippen LogP contribution in [0.4, 0.5) is 0 Å². The van der Waals surface area contributed by atoms with Gasteiger partial charge in [-0.2, -0.15) is 0 Å². The molecule has 5 N–H and O–H groups in total. The summed E-state index contributed by atoms with van der Waals surface area (Å²) in [5, 5.41) is 20.4. The van der Waals surface area contributed by atoms with E-state index in [1.54, 1.807) is 12.2 Å². The maximum Gasteiger partial charge on any atom is 0.285 e. The third-order valence-corrected chi connectivity index (χ3v) is 7.10. The van der Waals surface area contributed by atoms with Crippen LogP contribution in [0.2, 0.25) is 0 Å². The molecule has 2 heterocycles. The van der Waals surface area contributed by atoms with Crippen LogP contribution in [0.1, 0.15) is 13.8 Å². The minimum atomic E-state index is -0.649. The molecule has 0 radical (unpaired) electrons. The van der Waals surface area contributed by atoms with E-state index in [0.29, 0.717) is 0 Å². The molecule has 0 aromatic heterocycles. The minimum absolute atomic E-state index is 0.0237. The lowest BCUT2D eigenvalue weighted by molar-refractivity contribution is -0.419. The van der Waals surface area contributed by atoms with Gasteiger partial charge in [-0.05, 0) is 35.5 Å². The molecule has 4 unspecified atom stereocenters. The average Bonchev–Trinajstić information content (AvgIpc) is 3.51. The van der Waals surface area contributed by atoms with Gasteiger partial charge in [0.15, 0.2) is 0 Å². The highest BCUT2D eigenvalue weighted by molar-refractivity contribution is 7.99. The Morgan fingerprint density at radius 1 is 0.872 bits per heavy atom. The molecule has 16 nitrogen and oxygen atoms in total. The fourth-order valence-corrected chi connectivity index (χ4v) is 5.21. The molecule has 3 amide bonds. The van der Waals surface area contributed by atoms with Crippen molar-refractivity contribution in [1.29, 1.82) is 0 Å². The van der Waals surface area contributed by atoms with Crippen LogP contribution in [0.15, 0.2) is 56.6 Å². The lowest BCUT2D eigenvalue weighted by atomic mass is 9.93. The van der Waals surface area contributed by atoms with E-state index < -0.39 is 32.8 Å². The Kier molecular flexibility index (Phi) is 11.5. The predicted octanol–water partition coefficient (Wildman–Crippen LogP) is 0.538. The standard InChI is InChI=1S/C10H10N4O4S.C8H5ClN2O3S.C2H6N2O/c1-5(15)11-12-10(16)9-7-4-6(14(17)18)2-3-8(7)19-13-9;9-8(12)7-5-3-4(11(13)14)1-2-6(5)15-10-7;1-2(5)4-3/h2-4,7-8H,1H3,(H,11,15)(H,12,16);1-3,5-6H;3H2,1H3,(H,4,5). The average molecular weight is 601 g/mol. The predicted molar refractivity (Wildman–Crippen MR) is 144 cm³/mol. The van der Waals surface area contributed by atoms with Crippen LogP contribution in [0.5, 0.6) is 0 Å². The van der Waals surface area contributed by atoms with Crippen LogP contribution in [0, 0.1) is 32.1 Å². The van der Waals surface area contributed by atoms with Gasteiger partial charge in [0.2, 0.25) is 11.8 Å². The third kappa shape index (κ3) is 8.84. The van der Waals surface area contributed by atoms with E-state index in [2.05, 4.69) is 25.5 Å². The number of fused-ring (bicyclic) bond motifs is 2. The monoisotopic (exact) mass is 600 g/mol. The summed E-state index contributed by atoms with van der Waals surface area (Å²) < 4.78 is 7.91. The van der Waals surface area contributed by atoms with Gasteiger partial charge >= 0.3 is 0 Å². The molecule has 0 fully saturated rings. The van der Waals surface area contributed by atoms with Crippen molar-refractivity contribution in [2.75, 3.05) is 0 Å². The largest absolute Gasteiger partial charge is 0.295 e. The first-order chi connectivity index (χ1) is 18.3. The molecular formula is C20H21ClN8O8S2. The van der Waals surface area contributed by atoms with Crippen molar-refractivity contribution in [2.24, 2.45) is 26.5 Å². The summed E-state index contributed by atoms with van der Waals surface area (Å²) in [5.41, 5.74) is 6.49. The Balaban J connectivity index is 0.000000238. The van der Waals surface area contributed by atoms with Gasteiger partial charge in [0, 0.05) is 50.0 Å². The summed E-state index contributed by atoms with van der Waals surface area (Å²) in [6.45, 7) is 2.60. The van der Waals surface area contributed by atoms with E-state index in [1.165, 1.54) is 62.0 Å². The van der Waals surface area contributed by atoms with E-state index >= 15 is 0 Å². The van der Waals surface area contributed by atoms with Crippen LogP contribution < -0.4 is 22.1 Å². The molecular weight excluding hydrogens is 580 g/mol. The molecule has 0 saturated carbocycles. The van der Waals surface area contributed by atoms with Gasteiger partial charge in [0.1, 0.15) is 11.4 Å². The number of rotatable bonds is 4. The maximum absolute atomic E-state index is 11.8. The molecule has 0 saturated heterocycles. The molecule has 4 atom stereocenters. The smallest absolute Gasteiger partial charge is 0.285 e. The van der Waals surface area contributed by atoms with Gasteiger partial charge in [-0.15, -0.1) is 0 Å². The number of nitro groups is 2. The Morgan fingerprint density at radius 3 is 1.69 bits per heavy atom. The van der Waals surface area contributed by atoms with Crippen molar-refractivity contribution in [1.82, 2.24) is 16.3 Å². The highest BCUT2D eigenvalue weighted by Crippen LogP contribution is 2.37. The topological polar surface area (TPSA) is 241 Å². The summed E-state index contributed by atoms with van der Waals surface area (Å²) in [5.74, 6) is 2.55. The number of hydrogen-bond donors (Lipinski definition) is 4. The van der Waals surface area contributed by atoms with Crippen LogP contribution in [0.3, 0.4) is 0 Å². The second-order valence-electron chi connectivity index (χ2n) is 7.67. The first-order valence-corrected chi connectivity index (χ1v) is 12.7. The number of hydrogen-bond acceptors (Lipinski definition) is 13. The Hall–Kier alpha value is -3.87. The number of nitrogens with two attached hydrogens (primary N) is 1. The maximum atomic E-state index is 11.8. The van der Waals surface area contributed by atoms with Crippen LogP contribution in [0.25, 0.3) is 0 Å². The number of carbonyl (C=O) groups excluding carboxylic acids is 4. The highest BCUT2D eigenvalue weighted by atomic mass is 35.5. The van der Waals surface area contributed by atoms with E-state index in [0.717, 1.165) is 0 Å². The Morgan fingerprint density at radius 2 is 1.31 bits per heavy atom. The lowest BCUT2D eigenvalue weighted by Crippen LogP contribution is -2.45. The molecule has 39 heavy (non-hydrogen) atoms. The van der Waals surface area contributed by atoms with Crippen LogP contribution in [-0.4, -0.2) is 54.7 Å². The summed E-state index contributed by atoms with van der Waals surface area (Å²) in [4.78, 5) is 63.3. The third-order valence-electron chi connectivity index (χ3n) is 4.91. The first kappa shape index (κ1) is 31.3. The molecule has 19 heteroatoms. The van der Waals surface area contributed by atoms with Crippen molar-refractivity contribution in [3.63, 3.8) is 0 Å². The van der Waals surface area contributed by atoms with Gasteiger partial charge in [-0.1, -0.05) is 12.2 Å². The second kappa shape index (κ2) is 14.3. The van der Waals surface area contributed by atoms with Crippen LogP contribution in [-0.2, 0) is 19.2 Å². The normalized spacial score (nSPS) is 23.4. The van der Waals surface area contributed by atoms with E-state index in [9.17, 15) is 39.4 Å². The molecule has 0 bridgehead atoms. The summed E-state index contributed by atoms with van der Waals surface area (Å²) in [6, 6.07) is 0. The number of halogens is 1. The summed E-state index contributed by atoms with van der Waals surface area (Å²) in [7, 11) is 0. The molecule has 4 rings (SSSR count). The summed E-state index contributed by atoms with van der Waals surface area (Å²) >= 11 is 7.70. The number of allylic oxidation sites excluding steroid dienone is 4. The molecule has 2 aliphatic heterocycles. The SMILES string of the molecule is CC(=O)NN.CC(=O)NNC(=O)C1=NSC2C=CC([N+](=O)[O-])=CC12.O=C(Cl)C1=NSC2C=CC([N+](=O)[O-])=CC12. The Bertz CT molecular complexity index is 1260. The van der Waals surface area contributed by atoms with E-state index in [-0.39, 0.29) is 45.1 Å². The van der Waals surface area contributed by atoms with E-state index in [1.807, 2.05) is 5.43 Å². The summed E-state index contributed by atoms with van der Waals surface area (Å²) in [6.07, 6.45) is 8.96. The zero-order valence-electron chi connectivity index (χ0n) is 20.1. The number of hydrazine groups is 2. The zero-order valence-corrected chi connectivity index (χ0v) is 22.5. The van der Waals surface area contributed by atoms with Crippen molar-refractivity contribution in [3.05, 3.63) is 68.1 Å². The van der Waals surface area contributed by atoms with Gasteiger partial charge in [-0.3, -0.25) is 55.7 Å². The Labute approximate surface area is 233 Å². The van der Waals surface area contributed by atoms with Gasteiger partial charge < -0.3 is 0 Å². The first-order valence-electron chi connectivity index (χ1n) is 10.7. The fraction of sp³-hybridized carbons (Fsp3) is 0.300. The quantitative estimate of drug-likeness (QED) is 0.0866. The molecule has 4 aliphatic rings. The number of nitrogens with one attached hydrogen (secondary N) is 3. The second-order valence-corrected chi connectivity index (χ2v) is 9.89. The van der Waals surface area contributed by atoms with Gasteiger partial charge in [0.05, 0.1) is 20.3 Å². The van der Waals surface area contributed by atoms with Crippen molar-refractivity contribution < 1.29 is 29.0 Å². The molecule has 208 valence electrons. The van der Waals surface area contributed by atoms with Gasteiger partial charge in [0.25, 0.3) is 22.5 Å². The molecule has 2 aliphatic carbocycles. The zero-order chi connectivity index (χ0) is 29.3. The van der Waals surface area contributed by atoms with E-state index in [4.69, 9.17) is 11.6 Å². The van der Waals surface area contributed by atoms with Gasteiger partial charge in [-0.25, -0.2) is 14.6 Å². The molecule has 0 aromatic rings. The van der Waals surface area contributed by atoms with Crippen molar-refractivity contribution in [2.45, 2.75) is 24.3 Å². The number of nitrogens with zero attached hydrogens (tertiary/aromatic N) is 4. The molecule has 0 aromatic carbocycles.